The van der Waals surface area contributed by atoms with E-state index in [0.29, 0.717) is 11.1 Å². The molecule has 3 N–H and O–H groups in total. The van der Waals surface area contributed by atoms with Gasteiger partial charge in [-0.25, -0.2) is 4.68 Å². The Bertz CT molecular complexity index is 642. The largest absolute Gasteiger partial charge is 0.336 e. The second-order valence-electron chi connectivity index (χ2n) is 5.17. The number of hydrogen-bond acceptors (Lipinski definition) is 5. The van der Waals surface area contributed by atoms with Gasteiger partial charge in [-0.05, 0) is 30.9 Å². The van der Waals surface area contributed by atoms with Gasteiger partial charge in [-0.1, -0.05) is 43.8 Å². The van der Waals surface area contributed by atoms with Gasteiger partial charge in [0.25, 0.3) is 0 Å². The third-order valence-electron chi connectivity index (χ3n) is 3.55. The van der Waals surface area contributed by atoms with E-state index in [1.54, 1.807) is 0 Å². The molecule has 0 fully saturated rings. The van der Waals surface area contributed by atoms with Crippen LogP contribution in [0, 0.1) is 0 Å². The van der Waals surface area contributed by atoms with E-state index in [0.717, 1.165) is 17.7 Å². The predicted molar refractivity (Wildman–Crippen MR) is 89.3 cm³/mol. The molecule has 0 bridgehead atoms. The monoisotopic (exact) mass is 319 g/mol. The van der Waals surface area contributed by atoms with Crippen molar-refractivity contribution in [2.24, 2.45) is 0 Å². The zero-order valence-corrected chi connectivity index (χ0v) is 13.8. The van der Waals surface area contributed by atoms with Crippen molar-refractivity contribution in [3.63, 3.8) is 0 Å². The van der Waals surface area contributed by atoms with E-state index in [-0.39, 0.29) is 11.2 Å². The van der Waals surface area contributed by atoms with Crippen LogP contribution in [0.3, 0.4) is 0 Å². The fraction of sp³-hybridized carbons (Fsp3) is 0.400. The number of carbonyl (C=O) groups is 1. The van der Waals surface area contributed by atoms with E-state index in [4.69, 9.17) is 5.84 Å². The molecule has 7 heteroatoms. The van der Waals surface area contributed by atoms with Gasteiger partial charge >= 0.3 is 0 Å². The fourth-order valence-corrected chi connectivity index (χ4v) is 2.77. The fourth-order valence-electron chi connectivity index (χ4n) is 2.02. The normalized spacial score (nSPS) is 13.6. The van der Waals surface area contributed by atoms with E-state index < -0.39 is 0 Å². The van der Waals surface area contributed by atoms with Crippen LogP contribution in [0.5, 0.6) is 0 Å². The summed E-state index contributed by atoms with van der Waals surface area (Å²) in [7, 11) is 0. The van der Waals surface area contributed by atoms with E-state index >= 15 is 0 Å². The summed E-state index contributed by atoms with van der Waals surface area (Å²) < 4.78 is 1.31. The quantitative estimate of drug-likeness (QED) is 0.631. The maximum absolute atomic E-state index is 12.4. The van der Waals surface area contributed by atoms with Gasteiger partial charge in [-0.3, -0.25) is 4.79 Å². The number of nitrogens with two attached hydrogens (primary N) is 1. The molecule has 1 heterocycles. The molecule has 0 saturated heterocycles. The summed E-state index contributed by atoms with van der Waals surface area (Å²) in [5, 5.41) is 10.8. The van der Waals surface area contributed by atoms with Crippen molar-refractivity contribution in [3.8, 4) is 0 Å². The number of thioether (sulfide) groups is 1. The number of amides is 1. The van der Waals surface area contributed by atoms with Gasteiger partial charge in [0.05, 0.1) is 5.25 Å². The number of benzene rings is 1. The van der Waals surface area contributed by atoms with E-state index in [1.807, 2.05) is 25.1 Å². The Kier molecular flexibility index (Phi) is 5.43. The first-order chi connectivity index (χ1) is 10.5. The van der Waals surface area contributed by atoms with Crippen LogP contribution in [-0.4, -0.2) is 26.0 Å². The zero-order chi connectivity index (χ0) is 16.1. The number of aromatic nitrogens is 3. The molecule has 6 nitrogen and oxygen atoms in total. The highest BCUT2D eigenvalue weighted by Crippen LogP contribution is 2.28. The number of para-hydroxylation sites is 1. The molecule has 1 aromatic heterocycles. The average molecular weight is 319 g/mol. The molecule has 2 rings (SSSR count). The van der Waals surface area contributed by atoms with E-state index in [9.17, 15) is 4.79 Å². The summed E-state index contributed by atoms with van der Waals surface area (Å²) in [5.74, 6) is 5.98. The second-order valence-corrected chi connectivity index (χ2v) is 6.47. The van der Waals surface area contributed by atoms with Crippen LogP contribution in [0.2, 0.25) is 0 Å². The number of rotatable bonds is 6. The second kappa shape index (κ2) is 7.31. The molecule has 22 heavy (non-hydrogen) atoms. The summed E-state index contributed by atoms with van der Waals surface area (Å²) >= 11 is 1.28. The lowest BCUT2D eigenvalue weighted by Crippen LogP contribution is -2.24. The molecule has 0 spiro atoms. The topological polar surface area (TPSA) is 85.8 Å². The lowest BCUT2D eigenvalue weighted by atomic mass is 9.97. The molecule has 1 aromatic carbocycles. The summed E-state index contributed by atoms with van der Waals surface area (Å²) in [6.45, 7) is 6.11. The lowest BCUT2D eigenvalue weighted by molar-refractivity contribution is -0.115. The average Bonchev–Trinajstić information content (AvgIpc) is 2.92. The number of hydrogen-bond donors (Lipinski definition) is 2. The Morgan fingerprint density at radius 2 is 2.14 bits per heavy atom. The van der Waals surface area contributed by atoms with Crippen LogP contribution >= 0.6 is 11.8 Å². The van der Waals surface area contributed by atoms with Crippen LogP contribution in [0.25, 0.3) is 0 Å². The SMILES string of the molecule is CC[C@@H](C)c1ccccc1NC(=O)[C@@H](C)Sc1nncn1N. The zero-order valence-electron chi connectivity index (χ0n) is 13.0. The standard InChI is InChI=1S/C15H21N5OS/c1-4-10(2)12-7-5-6-8-13(12)18-14(21)11(3)22-15-19-17-9-20(15)16/h5-11H,4,16H2,1-3H3,(H,18,21)/t10-,11-/m1/s1. The first-order valence-electron chi connectivity index (χ1n) is 7.24. The Morgan fingerprint density at radius 3 is 2.77 bits per heavy atom. The maximum atomic E-state index is 12.4. The van der Waals surface area contributed by atoms with Gasteiger partial charge in [-0.2, -0.15) is 0 Å². The van der Waals surface area contributed by atoms with Gasteiger partial charge < -0.3 is 11.2 Å². The van der Waals surface area contributed by atoms with Crippen LogP contribution < -0.4 is 11.2 Å². The number of carbonyl (C=O) groups excluding carboxylic acids is 1. The summed E-state index contributed by atoms with van der Waals surface area (Å²) in [4.78, 5) is 12.4. The van der Waals surface area contributed by atoms with Crippen molar-refractivity contribution in [1.29, 1.82) is 0 Å². The molecule has 0 radical (unpaired) electrons. The molecule has 0 unspecified atom stereocenters. The van der Waals surface area contributed by atoms with Crippen molar-refractivity contribution >= 4 is 23.4 Å². The Morgan fingerprint density at radius 1 is 1.41 bits per heavy atom. The molecule has 2 atom stereocenters. The molecule has 118 valence electrons. The third kappa shape index (κ3) is 3.79. The van der Waals surface area contributed by atoms with Crippen LogP contribution in [-0.2, 0) is 4.79 Å². The van der Waals surface area contributed by atoms with E-state index in [2.05, 4.69) is 35.4 Å². The highest BCUT2D eigenvalue weighted by molar-refractivity contribution is 8.00. The van der Waals surface area contributed by atoms with Gasteiger partial charge in [0, 0.05) is 5.69 Å². The Balaban J connectivity index is 2.07. The molecular formula is C15H21N5OS. The first-order valence-corrected chi connectivity index (χ1v) is 8.12. The van der Waals surface area contributed by atoms with Crippen molar-refractivity contribution in [3.05, 3.63) is 36.2 Å². The Labute approximate surface area is 134 Å². The molecule has 2 aromatic rings. The molecule has 0 aliphatic rings. The lowest BCUT2D eigenvalue weighted by Gasteiger charge is -2.17. The molecule has 0 saturated carbocycles. The molecule has 0 aliphatic carbocycles. The molecule has 1 amide bonds. The van der Waals surface area contributed by atoms with Crippen molar-refractivity contribution in [1.82, 2.24) is 14.9 Å². The number of nitrogen functional groups attached to an aromatic ring is 1. The first kappa shape index (κ1) is 16.4. The number of nitrogens with zero attached hydrogens (tertiary/aromatic N) is 3. The molecular weight excluding hydrogens is 298 g/mol. The summed E-state index contributed by atoms with van der Waals surface area (Å²) in [6, 6.07) is 7.91. The Hall–Kier alpha value is -2.02. The summed E-state index contributed by atoms with van der Waals surface area (Å²) in [6.07, 6.45) is 2.43. The predicted octanol–water partition coefficient (Wildman–Crippen LogP) is 2.62. The van der Waals surface area contributed by atoms with Crippen molar-refractivity contribution in [2.75, 3.05) is 11.2 Å². The van der Waals surface area contributed by atoms with Gasteiger partial charge in [0.1, 0.15) is 6.33 Å². The minimum Gasteiger partial charge on any atom is -0.336 e. The third-order valence-corrected chi connectivity index (χ3v) is 4.62. The number of anilines is 1. The smallest absolute Gasteiger partial charge is 0.237 e. The van der Waals surface area contributed by atoms with Gasteiger partial charge in [0.2, 0.25) is 11.1 Å². The van der Waals surface area contributed by atoms with Crippen LogP contribution in [0.15, 0.2) is 35.7 Å². The minimum atomic E-state index is -0.323. The van der Waals surface area contributed by atoms with E-state index in [1.165, 1.54) is 22.8 Å². The van der Waals surface area contributed by atoms with Gasteiger partial charge in [0.15, 0.2) is 0 Å². The number of nitrogens with one attached hydrogen (secondary N) is 1. The van der Waals surface area contributed by atoms with Crippen LogP contribution in [0.1, 0.15) is 38.7 Å². The maximum Gasteiger partial charge on any atom is 0.237 e. The summed E-state index contributed by atoms with van der Waals surface area (Å²) in [5.41, 5.74) is 2.01. The highest BCUT2D eigenvalue weighted by Gasteiger charge is 2.19. The van der Waals surface area contributed by atoms with Crippen molar-refractivity contribution < 1.29 is 4.79 Å². The highest BCUT2D eigenvalue weighted by atomic mass is 32.2. The molecule has 0 aliphatic heterocycles. The van der Waals surface area contributed by atoms with Crippen LogP contribution in [0.4, 0.5) is 5.69 Å². The van der Waals surface area contributed by atoms with Crippen molar-refractivity contribution in [2.45, 2.75) is 43.5 Å². The van der Waals surface area contributed by atoms with Gasteiger partial charge in [-0.15, -0.1) is 10.2 Å². The minimum absolute atomic E-state index is 0.0799.